The molecular weight excluding hydrogens is 414 g/mol. The van der Waals surface area contributed by atoms with Crippen LogP contribution in [0, 0.1) is 0 Å². The molecule has 2 aromatic rings. The van der Waals surface area contributed by atoms with Gasteiger partial charge in [0.1, 0.15) is 18.4 Å². The Morgan fingerprint density at radius 2 is 1.80 bits per heavy atom. The van der Waals surface area contributed by atoms with E-state index in [1.807, 2.05) is 0 Å². The lowest BCUT2D eigenvalue weighted by Crippen LogP contribution is -2.51. The molecule has 10 heteroatoms. The maximum absolute atomic E-state index is 13.7. The number of benzene rings is 1. The molecule has 3 rings (SSSR count). The van der Waals surface area contributed by atoms with Crippen molar-refractivity contribution in [1.82, 2.24) is 4.98 Å². The van der Waals surface area contributed by atoms with Crippen LogP contribution in [-0.2, 0) is 6.18 Å². The lowest BCUT2D eigenvalue weighted by atomic mass is 10.0. The van der Waals surface area contributed by atoms with E-state index in [0.29, 0.717) is 6.42 Å². The maximum Gasteiger partial charge on any atom is 0.417 e. The van der Waals surface area contributed by atoms with Gasteiger partial charge in [0.25, 0.3) is 0 Å². The first-order chi connectivity index (χ1) is 13.8. The van der Waals surface area contributed by atoms with Crippen molar-refractivity contribution in [2.45, 2.75) is 64.7 Å². The minimum Gasteiger partial charge on any atom is -0.486 e. The molecule has 0 saturated heterocycles. The van der Waals surface area contributed by atoms with Gasteiger partial charge in [-0.15, -0.1) is 0 Å². The smallest absolute Gasteiger partial charge is 0.417 e. The molecule has 0 aliphatic carbocycles. The summed E-state index contributed by atoms with van der Waals surface area (Å²) in [5.74, 6) is -0.146. The maximum atomic E-state index is 13.7. The van der Waals surface area contributed by atoms with Gasteiger partial charge in [0.05, 0.1) is 28.9 Å². The molecular formula is C20H22F6N2O2. The van der Waals surface area contributed by atoms with Gasteiger partial charge in [0.15, 0.2) is 0 Å². The van der Waals surface area contributed by atoms with Gasteiger partial charge in [-0.05, 0) is 33.3 Å². The molecule has 0 N–H and O–H groups in total. The summed E-state index contributed by atoms with van der Waals surface area (Å²) in [5, 5.41) is -0.310. The van der Waals surface area contributed by atoms with Crippen LogP contribution in [0.2, 0.25) is 0 Å². The van der Waals surface area contributed by atoms with Crippen molar-refractivity contribution in [1.29, 1.82) is 0 Å². The highest BCUT2D eigenvalue weighted by Gasteiger charge is 2.41. The number of hydrogen-bond donors (Lipinski definition) is 0. The summed E-state index contributed by atoms with van der Waals surface area (Å²) in [6.45, 7) is 5.34. The number of nitrogens with zero attached hydrogens (tertiary/aromatic N) is 2. The molecule has 0 bridgehead atoms. The fourth-order valence-electron chi connectivity index (χ4n) is 3.60. The van der Waals surface area contributed by atoms with Gasteiger partial charge < -0.3 is 14.4 Å². The predicted octanol–water partition coefficient (Wildman–Crippen LogP) is 5.97. The molecule has 2 atom stereocenters. The number of fused-ring (bicyclic) bond motifs is 2. The van der Waals surface area contributed by atoms with Crippen LogP contribution >= 0.6 is 0 Å². The van der Waals surface area contributed by atoms with Crippen LogP contribution in [0.4, 0.5) is 32.0 Å². The summed E-state index contributed by atoms with van der Waals surface area (Å²) >= 11 is 0. The summed E-state index contributed by atoms with van der Waals surface area (Å²) in [6, 6.07) is 2.43. The summed E-state index contributed by atoms with van der Waals surface area (Å²) in [6.07, 6.45) is -9.79. The van der Waals surface area contributed by atoms with E-state index in [1.165, 1.54) is 6.07 Å². The number of hydrogen-bond acceptors (Lipinski definition) is 4. The predicted molar refractivity (Wildman–Crippen MR) is 100 cm³/mol. The highest BCUT2D eigenvalue weighted by Crippen LogP contribution is 2.44. The zero-order valence-corrected chi connectivity index (χ0v) is 16.9. The number of ether oxygens (including phenoxy) is 2. The van der Waals surface area contributed by atoms with Gasteiger partial charge >= 0.3 is 12.4 Å². The van der Waals surface area contributed by atoms with Gasteiger partial charge in [-0.1, -0.05) is 6.92 Å². The first kappa shape index (κ1) is 22.3. The Hall–Kier alpha value is -2.39. The van der Waals surface area contributed by atoms with Crippen molar-refractivity contribution in [3.8, 4) is 11.6 Å². The fourth-order valence-corrected chi connectivity index (χ4v) is 3.60. The van der Waals surface area contributed by atoms with Crippen LogP contribution in [0.3, 0.4) is 0 Å². The number of rotatable bonds is 4. The molecule has 0 amide bonds. The Kier molecular flexibility index (Phi) is 5.72. The number of halogens is 6. The van der Waals surface area contributed by atoms with Crippen molar-refractivity contribution < 1.29 is 35.8 Å². The Balaban J connectivity index is 2.24. The second-order valence-corrected chi connectivity index (χ2v) is 7.56. The second-order valence-electron chi connectivity index (χ2n) is 7.56. The summed E-state index contributed by atoms with van der Waals surface area (Å²) in [7, 11) is 0. The average molecular weight is 436 g/mol. The van der Waals surface area contributed by atoms with Gasteiger partial charge in [0.2, 0.25) is 5.88 Å². The van der Waals surface area contributed by atoms with Crippen LogP contribution in [0.5, 0.6) is 11.6 Å². The van der Waals surface area contributed by atoms with Crippen molar-refractivity contribution in [2.24, 2.45) is 0 Å². The Morgan fingerprint density at radius 1 is 1.13 bits per heavy atom. The summed E-state index contributed by atoms with van der Waals surface area (Å²) in [5.41, 5.74) is -1.12. The van der Waals surface area contributed by atoms with E-state index in [9.17, 15) is 26.3 Å². The third-order valence-corrected chi connectivity index (χ3v) is 4.90. The van der Waals surface area contributed by atoms with E-state index in [4.69, 9.17) is 9.47 Å². The molecule has 1 aromatic carbocycles. The van der Waals surface area contributed by atoms with Crippen LogP contribution in [0.25, 0.3) is 10.9 Å². The van der Waals surface area contributed by atoms with E-state index >= 15 is 0 Å². The topological polar surface area (TPSA) is 34.6 Å². The van der Waals surface area contributed by atoms with E-state index in [0.717, 1.165) is 17.0 Å². The Labute approximate surface area is 169 Å². The van der Waals surface area contributed by atoms with Gasteiger partial charge in [-0.2, -0.15) is 26.3 Å². The normalized spacial score (nSPS) is 19.8. The van der Waals surface area contributed by atoms with Crippen molar-refractivity contribution in [2.75, 3.05) is 11.4 Å². The van der Waals surface area contributed by atoms with Crippen LogP contribution < -0.4 is 14.4 Å². The molecule has 0 spiro atoms. The number of pyridine rings is 1. The first-order valence-corrected chi connectivity index (χ1v) is 9.53. The lowest BCUT2D eigenvalue weighted by Gasteiger charge is -2.42. The zero-order valence-electron chi connectivity index (χ0n) is 16.9. The zero-order chi connectivity index (χ0) is 22.4. The molecule has 4 nitrogen and oxygen atoms in total. The molecule has 0 unspecified atom stereocenters. The third kappa shape index (κ3) is 4.52. The second kappa shape index (κ2) is 7.70. The highest BCUT2D eigenvalue weighted by molar-refractivity contribution is 5.90. The molecule has 0 saturated carbocycles. The monoisotopic (exact) mass is 436 g/mol. The van der Waals surface area contributed by atoms with Crippen LogP contribution in [0.1, 0.15) is 39.7 Å². The first-order valence-electron chi connectivity index (χ1n) is 9.53. The standard InChI is InChI=1S/C20H22F6N2O2/c1-5-16-11(4)28(9-19(21,22)23)15-6-12-13(20(24,25)26)7-18(29-10(2)3)27-14(12)8-17(15)30-16/h6-8,10-11,16H,5,9H2,1-4H3/t11-,16-/m0/s1. The van der Waals surface area contributed by atoms with Gasteiger partial charge in [-0.25, -0.2) is 4.98 Å². The van der Waals surface area contributed by atoms with Gasteiger partial charge in [-0.3, -0.25) is 0 Å². The van der Waals surface area contributed by atoms with E-state index in [2.05, 4.69) is 4.98 Å². The Bertz CT molecular complexity index is 926. The number of anilines is 1. The summed E-state index contributed by atoms with van der Waals surface area (Å²) < 4.78 is 91.9. The molecule has 1 aromatic heterocycles. The third-order valence-electron chi connectivity index (χ3n) is 4.90. The number of alkyl halides is 6. The molecule has 1 aliphatic heterocycles. The molecule has 0 fully saturated rings. The largest absolute Gasteiger partial charge is 0.486 e. The van der Waals surface area contributed by atoms with E-state index in [1.54, 1.807) is 27.7 Å². The summed E-state index contributed by atoms with van der Waals surface area (Å²) in [4.78, 5) is 5.17. The minimum atomic E-state index is -4.74. The Morgan fingerprint density at radius 3 is 2.33 bits per heavy atom. The van der Waals surface area contributed by atoms with Crippen molar-refractivity contribution in [3.05, 3.63) is 23.8 Å². The molecule has 2 heterocycles. The van der Waals surface area contributed by atoms with Crippen molar-refractivity contribution in [3.63, 3.8) is 0 Å². The average Bonchev–Trinajstić information content (AvgIpc) is 2.59. The highest BCUT2D eigenvalue weighted by atomic mass is 19.4. The quantitative estimate of drug-likeness (QED) is 0.554. The van der Waals surface area contributed by atoms with Gasteiger partial charge in [0, 0.05) is 17.5 Å². The molecule has 166 valence electrons. The lowest BCUT2D eigenvalue weighted by molar-refractivity contribution is -0.136. The number of aromatic nitrogens is 1. The SMILES string of the molecule is CC[C@@H]1Oc2cc3nc(OC(C)C)cc(C(F)(F)F)c3cc2N(CC(F)(F)F)[C@H]1C. The molecule has 1 aliphatic rings. The fraction of sp³-hybridized carbons (Fsp3) is 0.550. The van der Waals surface area contributed by atoms with Crippen LogP contribution in [-0.4, -0.2) is 36.0 Å². The molecule has 0 radical (unpaired) electrons. The minimum absolute atomic E-state index is 0.0400. The van der Waals surface area contributed by atoms with Crippen molar-refractivity contribution >= 4 is 16.6 Å². The van der Waals surface area contributed by atoms with E-state index in [-0.39, 0.29) is 28.2 Å². The van der Waals surface area contributed by atoms with E-state index < -0.39 is 42.7 Å². The van der Waals surface area contributed by atoms with Crippen LogP contribution in [0.15, 0.2) is 18.2 Å². The molecule has 30 heavy (non-hydrogen) atoms.